The highest BCUT2D eigenvalue weighted by molar-refractivity contribution is 5.84. The van der Waals surface area contributed by atoms with Crippen molar-refractivity contribution >= 4 is 11.9 Å². The van der Waals surface area contributed by atoms with E-state index in [1.54, 1.807) is 11.8 Å². The fraction of sp³-hybridized carbons (Fsp3) is 0.542. The molecule has 2 aromatic rings. The maximum absolute atomic E-state index is 12.6. The van der Waals surface area contributed by atoms with Gasteiger partial charge in [-0.15, -0.1) is 0 Å². The minimum Gasteiger partial charge on any atom is -0.489 e. The van der Waals surface area contributed by atoms with E-state index in [-0.39, 0.29) is 18.4 Å². The van der Waals surface area contributed by atoms with E-state index in [0.717, 1.165) is 48.3 Å². The van der Waals surface area contributed by atoms with Crippen LogP contribution < -0.4 is 4.74 Å². The van der Waals surface area contributed by atoms with Gasteiger partial charge in [0.15, 0.2) is 6.10 Å². The maximum atomic E-state index is 12.6. The molecule has 0 bridgehead atoms. The molecule has 1 aromatic carbocycles. The van der Waals surface area contributed by atoms with Crippen molar-refractivity contribution in [1.29, 1.82) is 0 Å². The monoisotopic (exact) mass is 428 g/mol. The smallest absolute Gasteiger partial charge is 0.311 e. The Morgan fingerprint density at radius 3 is 2.45 bits per heavy atom. The van der Waals surface area contributed by atoms with Gasteiger partial charge in [-0.25, -0.2) is 0 Å². The van der Waals surface area contributed by atoms with E-state index in [1.807, 2.05) is 45.2 Å². The van der Waals surface area contributed by atoms with Crippen molar-refractivity contribution in [3.8, 4) is 5.75 Å². The Balaban J connectivity index is 1.46. The molecule has 1 fully saturated rings. The maximum Gasteiger partial charge on any atom is 0.311 e. The summed E-state index contributed by atoms with van der Waals surface area (Å²) >= 11 is 0. The van der Waals surface area contributed by atoms with Crippen LogP contribution in [0.3, 0.4) is 0 Å². The highest BCUT2D eigenvalue weighted by atomic mass is 16.5. The fourth-order valence-corrected chi connectivity index (χ4v) is 3.96. The number of nitrogens with zero attached hydrogens (tertiary/aromatic N) is 2. The molecule has 1 aliphatic carbocycles. The van der Waals surface area contributed by atoms with Gasteiger partial charge in [0.1, 0.15) is 18.1 Å². The first kappa shape index (κ1) is 22.8. The van der Waals surface area contributed by atoms with Crippen molar-refractivity contribution in [2.45, 2.75) is 78.0 Å². The molecule has 3 rings (SSSR count). The van der Waals surface area contributed by atoms with E-state index >= 15 is 0 Å². The van der Waals surface area contributed by atoms with Crippen molar-refractivity contribution in [3.05, 3.63) is 46.8 Å². The fourth-order valence-electron chi connectivity index (χ4n) is 3.96. The summed E-state index contributed by atoms with van der Waals surface area (Å²) in [6.07, 6.45) is 4.89. The SMILES string of the molecule is Cc1noc(C)c1COc1ccc(CC(=O)O[C@@H](C)C(=O)N(C)C2CCCCC2)cc1. The van der Waals surface area contributed by atoms with E-state index in [0.29, 0.717) is 12.4 Å². The number of hydrogen-bond donors (Lipinski definition) is 0. The quantitative estimate of drug-likeness (QED) is 0.588. The Kier molecular flexibility index (Phi) is 7.71. The van der Waals surface area contributed by atoms with Gasteiger partial charge in [-0.1, -0.05) is 36.6 Å². The van der Waals surface area contributed by atoms with Crippen molar-refractivity contribution in [2.75, 3.05) is 7.05 Å². The van der Waals surface area contributed by atoms with Gasteiger partial charge < -0.3 is 18.9 Å². The Bertz CT molecular complexity index is 864. The second kappa shape index (κ2) is 10.5. The Morgan fingerprint density at radius 1 is 1.16 bits per heavy atom. The van der Waals surface area contributed by atoms with Gasteiger partial charge >= 0.3 is 5.97 Å². The van der Waals surface area contributed by atoms with Crippen LogP contribution in [0.1, 0.15) is 61.6 Å². The molecule has 1 heterocycles. The van der Waals surface area contributed by atoms with Crippen LogP contribution >= 0.6 is 0 Å². The first-order valence-corrected chi connectivity index (χ1v) is 10.9. The number of aryl methyl sites for hydroxylation is 2. The zero-order chi connectivity index (χ0) is 22.4. The molecule has 1 atom stereocenters. The largest absolute Gasteiger partial charge is 0.489 e. The summed E-state index contributed by atoms with van der Waals surface area (Å²) in [5.74, 6) is 0.884. The summed E-state index contributed by atoms with van der Waals surface area (Å²) in [6.45, 7) is 5.75. The van der Waals surface area contributed by atoms with Crippen molar-refractivity contribution in [2.24, 2.45) is 0 Å². The number of benzene rings is 1. The standard InChI is InChI=1S/C24H32N2O5/c1-16-22(17(2)31-25-16)15-29-21-12-10-19(11-13-21)14-23(27)30-18(3)24(28)26(4)20-8-6-5-7-9-20/h10-13,18,20H,5-9,14-15H2,1-4H3/t18-/m0/s1. The van der Waals surface area contributed by atoms with E-state index in [9.17, 15) is 9.59 Å². The zero-order valence-corrected chi connectivity index (χ0v) is 18.8. The second-order valence-electron chi connectivity index (χ2n) is 8.29. The normalized spacial score (nSPS) is 15.4. The number of esters is 1. The molecule has 0 saturated heterocycles. The molecular formula is C24H32N2O5. The second-order valence-corrected chi connectivity index (χ2v) is 8.29. The Hall–Kier alpha value is -2.83. The number of carbonyl (C=O) groups excluding carboxylic acids is 2. The summed E-state index contributed by atoms with van der Waals surface area (Å²) in [6, 6.07) is 7.52. The number of carbonyl (C=O) groups is 2. The molecule has 1 amide bonds. The molecule has 1 saturated carbocycles. The van der Waals surface area contributed by atoms with Crippen molar-refractivity contribution in [3.63, 3.8) is 0 Å². The number of rotatable bonds is 8. The molecule has 0 radical (unpaired) electrons. The average Bonchev–Trinajstić information content (AvgIpc) is 3.10. The van der Waals surface area contributed by atoms with E-state index < -0.39 is 12.1 Å². The third-order valence-corrected chi connectivity index (χ3v) is 5.96. The summed E-state index contributed by atoms with van der Waals surface area (Å²) in [5.41, 5.74) is 2.55. The van der Waals surface area contributed by atoms with Crippen LogP contribution in [0, 0.1) is 13.8 Å². The lowest BCUT2D eigenvalue weighted by atomic mass is 9.94. The van der Waals surface area contributed by atoms with Crippen LogP contribution in [0.4, 0.5) is 0 Å². The van der Waals surface area contributed by atoms with E-state index in [2.05, 4.69) is 5.16 Å². The molecule has 1 aliphatic rings. The molecule has 0 aliphatic heterocycles. The lowest BCUT2D eigenvalue weighted by Crippen LogP contribution is -2.44. The minimum absolute atomic E-state index is 0.106. The van der Waals surface area contributed by atoms with Gasteiger partial charge in [0.2, 0.25) is 0 Å². The third-order valence-electron chi connectivity index (χ3n) is 5.96. The van der Waals surface area contributed by atoms with Crippen LogP contribution in [0.2, 0.25) is 0 Å². The predicted octanol–water partition coefficient (Wildman–Crippen LogP) is 4.14. The van der Waals surface area contributed by atoms with Gasteiger partial charge in [-0.2, -0.15) is 0 Å². The van der Waals surface area contributed by atoms with Gasteiger partial charge in [-0.05, 0) is 51.3 Å². The summed E-state index contributed by atoms with van der Waals surface area (Å²) in [5, 5.41) is 3.91. The number of aromatic nitrogens is 1. The molecule has 168 valence electrons. The summed E-state index contributed by atoms with van der Waals surface area (Å²) in [7, 11) is 1.81. The Morgan fingerprint density at radius 2 is 1.84 bits per heavy atom. The van der Waals surface area contributed by atoms with Crippen molar-refractivity contribution in [1.82, 2.24) is 10.1 Å². The number of amides is 1. The topological polar surface area (TPSA) is 81.9 Å². The van der Waals surface area contributed by atoms with E-state index in [1.165, 1.54) is 6.42 Å². The Labute approximate surface area is 183 Å². The molecule has 31 heavy (non-hydrogen) atoms. The highest BCUT2D eigenvalue weighted by Crippen LogP contribution is 2.22. The first-order valence-electron chi connectivity index (χ1n) is 10.9. The molecule has 0 spiro atoms. The highest BCUT2D eigenvalue weighted by Gasteiger charge is 2.27. The third kappa shape index (κ3) is 6.09. The average molecular weight is 429 g/mol. The summed E-state index contributed by atoms with van der Waals surface area (Å²) < 4.78 is 16.3. The minimum atomic E-state index is -0.780. The molecular weight excluding hydrogens is 396 g/mol. The summed E-state index contributed by atoms with van der Waals surface area (Å²) in [4.78, 5) is 26.7. The molecule has 0 unspecified atom stereocenters. The van der Waals surface area contributed by atoms with Crippen LogP contribution in [0.25, 0.3) is 0 Å². The van der Waals surface area contributed by atoms with Gasteiger partial charge in [0.05, 0.1) is 17.7 Å². The van der Waals surface area contributed by atoms with Gasteiger partial charge in [-0.3, -0.25) is 9.59 Å². The van der Waals surface area contributed by atoms with Crippen LogP contribution in [-0.2, 0) is 27.4 Å². The molecule has 7 nitrogen and oxygen atoms in total. The number of hydrogen-bond acceptors (Lipinski definition) is 6. The lowest BCUT2D eigenvalue weighted by molar-refractivity contribution is -0.159. The van der Waals surface area contributed by atoms with Crippen LogP contribution in [-0.4, -0.2) is 41.1 Å². The molecule has 0 N–H and O–H groups in total. The zero-order valence-electron chi connectivity index (χ0n) is 18.8. The van der Waals surface area contributed by atoms with Gasteiger partial charge in [0, 0.05) is 13.1 Å². The number of ether oxygens (including phenoxy) is 2. The van der Waals surface area contributed by atoms with Gasteiger partial charge in [0.25, 0.3) is 5.91 Å². The molecule has 1 aromatic heterocycles. The predicted molar refractivity (Wildman–Crippen MR) is 116 cm³/mol. The number of likely N-dealkylation sites (N-methyl/N-ethyl adjacent to an activating group) is 1. The van der Waals surface area contributed by atoms with Crippen molar-refractivity contribution < 1.29 is 23.6 Å². The van der Waals surface area contributed by atoms with Crippen LogP contribution in [0.15, 0.2) is 28.8 Å². The van der Waals surface area contributed by atoms with Crippen LogP contribution in [0.5, 0.6) is 5.75 Å². The first-order chi connectivity index (χ1) is 14.8. The van der Waals surface area contributed by atoms with E-state index in [4.69, 9.17) is 14.0 Å². The lowest BCUT2D eigenvalue weighted by Gasteiger charge is -2.32. The molecule has 7 heteroatoms.